The van der Waals surface area contributed by atoms with Gasteiger partial charge in [0.1, 0.15) is 5.76 Å². The summed E-state index contributed by atoms with van der Waals surface area (Å²) in [6, 6.07) is 8.31. The summed E-state index contributed by atoms with van der Waals surface area (Å²) in [6.45, 7) is 4.22. The first-order chi connectivity index (χ1) is 17.8. The number of carbonyl (C=O) groups is 2. The van der Waals surface area contributed by atoms with Gasteiger partial charge in [-0.25, -0.2) is 0 Å². The predicted molar refractivity (Wildman–Crippen MR) is 139 cm³/mol. The number of carbonyl (C=O) groups excluding carboxylic acids is 2. The van der Waals surface area contributed by atoms with E-state index in [4.69, 9.17) is 18.9 Å². The van der Waals surface area contributed by atoms with Crippen molar-refractivity contribution in [2.75, 3.05) is 34.5 Å². The van der Waals surface area contributed by atoms with Gasteiger partial charge >= 0.3 is 0 Å². The van der Waals surface area contributed by atoms with Crippen LogP contribution in [-0.4, -0.2) is 62.3 Å². The van der Waals surface area contributed by atoms with E-state index >= 15 is 0 Å². The van der Waals surface area contributed by atoms with Gasteiger partial charge in [0.2, 0.25) is 5.75 Å². The quantitative estimate of drug-likeness (QED) is 0.303. The molecule has 1 aliphatic carbocycles. The summed E-state index contributed by atoms with van der Waals surface area (Å²) >= 11 is 0. The third kappa shape index (κ3) is 5.16. The van der Waals surface area contributed by atoms with E-state index in [0.717, 1.165) is 25.7 Å². The van der Waals surface area contributed by atoms with E-state index < -0.39 is 17.7 Å². The first kappa shape index (κ1) is 26.5. The fourth-order valence-corrected chi connectivity index (χ4v) is 5.14. The number of aryl methyl sites for hydroxylation is 2. The zero-order valence-electron chi connectivity index (χ0n) is 22.1. The molecule has 1 aliphatic heterocycles. The van der Waals surface area contributed by atoms with Gasteiger partial charge in [-0.05, 0) is 74.4 Å². The minimum absolute atomic E-state index is 0.0274. The molecule has 0 bridgehead atoms. The Balaban J connectivity index is 1.87. The zero-order chi connectivity index (χ0) is 26.7. The normalized spacial score (nSPS) is 18.8. The van der Waals surface area contributed by atoms with Gasteiger partial charge in [-0.15, -0.1) is 0 Å². The monoisotopic (exact) mass is 509 g/mol. The smallest absolute Gasteiger partial charge is 0.295 e. The number of aliphatic hydroxyl groups is 1. The van der Waals surface area contributed by atoms with Crippen molar-refractivity contribution in [3.05, 3.63) is 58.2 Å². The van der Waals surface area contributed by atoms with Crippen LogP contribution < -0.4 is 14.2 Å². The van der Waals surface area contributed by atoms with Gasteiger partial charge in [0, 0.05) is 12.1 Å². The molecular formula is C29H35NO7. The molecule has 2 aromatic rings. The molecule has 1 saturated heterocycles. The molecule has 198 valence electrons. The molecule has 8 nitrogen and oxygen atoms in total. The van der Waals surface area contributed by atoms with Crippen LogP contribution in [0, 0.1) is 0 Å². The molecular weight excluding hydrogens is 474 g/mol. The highest BCUT2D eigenvalue weighted by atomic mass is 16.5. The Labute approximate surface area is 217 Å². The van der Waals surface area contributed by atoms with Crippen LogP contribution in [0.15, 0.2) is 35.9 Å². The SMILES string of the molecule is COc1cc(C2/C(=C(\O)c3ccc4c(c3)CCCC4)C(=O)C(=O)N2CCOC(C)C)cc(OC)c1OC. The van der Waals surface area contributed by atoms with E-state index in [1.54, 1.807) is 12.1 Å². The number of benzene rings is 2. The van der Waals surface area contributed by atoms with Crippen molar-refractivity contribution in [3.8, 4) is 17.2 Å². The molecule has 1 fully saturated rings. The number of methoxy groups -OCH3 is 3. The molecule has 0 spiro atoms. The number of ether oxygens (including phenoxy) is 4. The zero-order valence-corrected chi connectivity index (χ0v) is 22.1. The van der Waals surface area contributed by atoms with E-state index in [1.807, 2.05) is 32.0 Å². The molecule has 4 rings (SSSR count). The number of Topliss-reactive ketones (excluding diaryl/α,β-unsaturated/α-hetero) is 1. The molecule has 1 N–H and O–H groups in total. The number of nitrogens with zero attached hydrogens (tertiary/aromatic N) is 1. The van der Waals surface area contributed by atoms with Crippen molar-refractivity contribution < 1.29 is 33.6 Å². The highest BCUT2D eigenvalue weighted by Gasteiger charge is 2.46. The first-order valence-electron chi connectivity index (χ1n) is 12.6. The van der Waals surface area contributed by atoms with Crippen molar-refractivity contribution >= 4 is 17.4 Å². The number of ketones is 1. The van der Waals surface area contributed by atoms with E-state index in [0.29, 0.717) is 28.4 Å². The lowest BCUT2D eigenvalue weighted by Crippen LogP contribution is -2.33. The number of hydrogen-bond acceptors (Lipinski definition) is 7. The van der Waals surface area contributed by atoms with Crippen LogP contribution in [0.5, 0.6) is 17.2 Å². The van der Waals surface area contributed by atoms with Crippen LogP contribution in [0.1, 0.15) is 55.0 Å². The molecule has 1 heterocycles. The number of likely N-dealkylation sites (tertiary alicyclic amines) is 1. The maximum atomic E-state index is 13.4. The lowest BCUT2D eigenvalue weighted by molar-refractivity contribution is -0.140. The number of hydrogen-bond donors (Lipinski definition) is 1. The third-order valence-corrected chi connectivity index (χ3v) is 6.95. The van der Waals surface area contributed by atoms with E-state index in [2.05, 4.69) is 0 Å². The summed E-state index contributed by atoms with van der Waals surface area (Å²) in [5.41, 5.74) is 3.53. The van der Waals surface area contributed by atoms with Gasteiger partial charge in [0.15, 0.2) is 11.5 Å². The highest BCUT2D eigenvalue weighted by molar-refractivity contribution is 6.46. The highest BCUT2D eigenvalue weighted by Crippen LogP contribution is 2.45. The lowest BCUT2D eigenvalue weighted by Gasteiger charge is -2.27. The molecule has 1 atom stereocenters. The fourth-order valence-electron chi connectivity index (χ4n) is 5.14. The second-order valence-electron chi connectivity index (χ2n) is 9.56. The first-order valence-corrected chi connectivity index (χ1v) is 12.6. The van der Waals surface area contributed by atoms with E-state index in [-0.39, 0.29) is 30.6 Å². The third-order valence-electron chi connectivity index (χ3n) is 6.95. The predicted octanol–water partition coefficient (Wildman–Crippen LogP) is 4.44. The summed E-state index contributed by atoms with van der Waals surface area (Å²) in [5.74, 6) is -0.463. The van der Waals surface area contributed by atoms with Crippen LogP contribution >= 0.6 is 0 Å². The maximum absolute atomic E-state index is 13.4. The second kappa shape index (κ2) is 11.3. The molecule has 0 saturated carbocycles. The van der Waals surface area contributed by atoms with Crippen molar-refractivity contribution in [3.63, 3.8) is 0 Å². The number of aliphatic hydroxyl groups excluding tert-OH is 1. The molecule has 37 heavy (non-hydrogen) atoms. The number of amides is 1. The summed E-state index contributed by atoms with van der Waals surface area (Å²) in [5, 5.41) is 11.5. The van der Waals surface area contributed by atoms with Crippen LogP contribution in [-0.2, 0) is 27.2 Å². The van der Waals surface area contributed by atoms with Gasteiger partial charge < -0.3 is 29.0 Å². The summed E-state index contributed by atoms with van der Waals surface area (Å²) in [6.07, 6.45) is 4.12. The lowest BCUT2D eigenvalue weighted by atomic mass is 9.88. The second-order valence-corrected chi connectivity index (χ2v) is 9.56. The summed E-state index contributed by atoms with van der Waals surface area (Å²) < 4.78 is 22.2. The average molecular weight is 510 g/mol. The number of rotatable bonds is 9. The Bertz CT molecular complexity index is 1190. The summed E-state index contributed by atoms with van der Waals surface area (Å²) in [4.78, 5) is 28.1. The van der Waals surface area contributed by atoms with Crippen LogP contribution in [0.3, 0.4) is 0 Å². The minimum Gasteiger partial charge on any atom is -0.507 e. The molecule has 8 heteroatoms. The minimum atomic E-state index is -0.861. The molecule has 0 aromatic heterocycles. The van der Waals surface area contributed by atoms with Crippen molar-refractivity contribution in [2.45, 2.75) is 51.7 Å². The largest absolute Gasteiger partial charge is 0.507 e. The van der Waals surface area contributed by atoms with E-state index in [1.165, 1.54) is 37.4 Å². The molecule has 1 amide bonds. The van der Waals surface area contributed by atoms with Gasteiger partial charge in [-0.1, -0.05) is 12.1 Å². The molecule has 1 unspecified atom stereocenters. The van der Waals surface area contributed by atoms with Gasteiger partial charge in [-0.2, -0.15) is 0 Å². The standard InChI is InChI=1S/C29H35NO7/c1-17(2)37-13-12-30-25(21-15-22(34-3)28(36-5)23(16-21)35-4)24(27(32)29(30)33)26(31)20-11-10-18-8-6-7-9-19(18)14-20/h10-11,14-17,25,31H,6-9,12-13H2,1-5H3/b26-24+. The van der Waals surface area contributed by atoms with Crippen molar-refractivity contribution in [1.29, 1.82) is 0 Å². The van der Waals surface area contributed by atoms with E-state index in [9.17, 15) is 14.7 Å². The van der Waals surface area contributed by atoms with Crippen molar-refractivity contribution in [1.82, 2.24) is 4.90 Å². The van der Waals surface area contributed by atoms with Crippen LogP contribution in [0.4, 0.5) is 0 Å². The topological polar surface area (TPSA) is 94.5 Å². The molecule has 2 aliphatic rings. The Morgan fingerprint density at radius 3 is 2.22 bits per heavy atom. The Hall–Kier alpha value is -3.52. The van der Waals surface area contributed by atoms with Gasteiger partial charge in [0.05, 0.1) is 45.7 Å². The Morgan fingerprint density at radius 2 is 1.62 bits per heavy atom. The average Bonchev–Trinajstić information content (AvgIpc) is 3.16. The van der Waals surface area contributed by atoms with Crippen LogP contribution in [0.2, 0.25) is 0 Å². The maximum Gasteiger partial charge on any atom is 0.295 e. The summed E-state index contributed by atoms with van der Waals surface area (Å²) in [7, 11) is 4.51. The Morgan fingerprint density at radius 1 is 0.973 bits per heavy atom. The molecule has 0 radical (unpaired) electrons. The van der Waals surface area contributed by atoms with Crippen LogP contribution in [0.25, 0.3) is 5.76 Å². The van der Waals surface area contributed by atoms with Gasteiger partial charge in [-0.3, -0.25) is 9.59 Å². The molecule has 2 aromatic carbocycles. The van der Waals surface area contributed by atoms with Crippen molar-refractivity contribution in [2.24, 2.45) is 0 Å². The number of fused-ring (bicyclic) bond motifs is 1. The van der Waals surface area contributed by atoms with Gasteiger partial charge in [0.25, 0.3) is 11.7 Å². The fraction of sp³-hybridized carbons (Fsp3) is 0.448. The Kier molecular flexibility index (Phi) is 8.07.